The maximum Gasteiger partial charge on any atom is 0.225 e. The van der Waals surface area contributed by atoms with Gasteiger partial charge in [-0.1, -0.05) is 6.92 Å². The molecule has 2 heterocycles. The molecule has 2 aliphatic heterocycles. The number of carbonyl (C=O) groups excluding carboxylic acids is 1. The van der Waals surface area contributed by atoms with Crippen molar-refractivity contribution in [3.05, 3.63) is 0 Å². The van der Waals surface area contributed by atoms with Gasteiger partial charge in [0.05, 0.1) is 0 Å². The number of amides is 1. The van der Waals surface area contributed by atoms with Crippen molar-refractivity contribution >= 4 is 5.91 Å². The molecule has 1 N–H and O–H groups in total. The van der Waals surface area contributed by atoms with E-state index in [1.807, 2.05) is 0 Å². The van der Waals surface area contributed by atoms with E-state index < -0.39 is 0 Å². The molecular weight excluding hydrogens is 200 g/mol. The number of carbonyl (C=O) groups is 1. The summed E-state index contributed by atoms with van der Waals surface area (Å²) in [6.07, 6.45) is 3.75. The highest BCUT2D eigenvalue weighted by atomic mass is 16.2. The quantitative estimate of drug-likeness (QED) is 0.759. The summed E-state index contributed by atoms with van der Waals surface area (Å²) in [5, 5.41) is 3.45. The number of rotatable bonds is 2. The van der Waals surface area contributed by atoms with E-state index >= 15 is 0 Å². The molecule has 3 atom stereocenters. The molecule has 0 spiro atoms. The van der Waals surface area contributed by atoms with Crippen molar-refractivity contribution < 1.29 is 4.79 Å². The highest BCUT2D eigenvalue weighted by molar-refractivity contribution is 5.79. The SMILES string of the molecule is CC(C(=O)N1CCC2CNCC2C1)C1CC1. The lowest BCUT2D eigenvalue weighted by Gasteiger charge is -2.36. The van der Waals surface area contributed by atoms with Crippen molar-refractivity contribution in [3.8, 4) is 0 Å². The van der Waals surface area contributed by atoms with E-state index in [1.54, 1.807) is 0 Å². The molecule has 3 fully saturated rings. The molecule has 1 saturated carbocycles. The molecule has 3 rings (SSSR count). The number of hydrogen-bond acceptors (Lipinski definition) is 2. The van der Waals surface area contributed by atoms with Crippen LogP contribution in [0.4, 0.5) is 0 Å². The predicted molar refractivity (Wildman–Crippen MR) is 62.9 cm³/mol. The fraction of sp³-hybridized carbons (Fsp3) is 0.923. The molecule has 0 radical (unpaired) electrons. The molecule has 1 amide bonds. The normalized spacial score (nSPS) is 35.9. The Labute approximate surface area is 97.6 Å². The van der Waals surface area contributed by atoms with E-state index in [9.17, 15) is 4.79 Å². The van der Waals surface area contributed by atoms with Crippen LogP contribution in [-0.2, 0) is 4.79 Å². The molecule has 3 unspecified atom stereocenters. The zero-order valence-corrected chi connectivity index (χ0v) is 10.1. The lowest BCUT2D eigenvalue weighted by Crippen LogP contribution is -2.45. The molecule has 16 heavy (non-hydrogen) atoms. The van der Waals surface area contributed by atoms with E-state index in [1.165, 1.54) is 25.8 Å². The Hall–Kier alpha value is -0.570. The summed E-state index contributed by atoms with van der Waals surface area (Å²) < 4.78 is 0. The van der Waals surface area contributed by atoms with Crippen LogP contribution in [0.5, 0.6) is 0 Å². The molecule has 3 aliphatic rings. The van der Waals surface area contributed by atoms with Crippen molar-refractivity contribution in [3.63, 3.8) is 0 Å². The number of likely N-dealkylation sites (tertiary alicyclic amines) is 1. The average molecular weight is 222 g/mol. The highest BCUT2D eigenvalue weighted by Gasteiger charge is 2.39. The first-order valence-corrected chi connectivity index (χ1v) is 6.75. The smallest absolute Gasteiger partial charge is 0.225 e. The van der Waals surface area contributed by atoms with Gasteiger partial charge < -0.3 is 10.2 Å². The number of nitrogens with zero attached hydrogens (tertiary/aromatic N) is 1. The minimum atomic E-state index is 0.283. The first-order valence-electron chi connectivity index (χ1n) is 6.75. The summed E-state index contributed by atoms with van der Waals surface area (Å²) in [6.45, 7) is 6.42. The number of fused-ring (bicyclic) bond motifs is 1. The molecule has 90 valence electrons. The second-order valence-corrected chi connectivity index (χ2v) is 5.88. The van der Waals surface area contributed by atoms with Gasteiger partial charge in [0.2, 0.25) is 5.91 Å². The van der Waals surface area contributed by atoms with Gasteiger partial charge in [-0.2, -0.15) is 0 Å². The maximum absolute atomic E-state index is 12.3. The second-order valence-electron chi connectivity index (χ2n) is 5.88. The predicted octanol–water partition coefficient (Wildman–Crippen LogP) is 1.10. The fourth-order valence-corrected chi connectivity index (χ4v) is 3.32. The Morgan fingerprint density at radius 2 is 2.00 bits per heavy atom. The Bertz CT molecular complexity index is 288. The van der Waals surface area contributed by atoms with Crippen molar-refractivity contribution in [2.75, 3.05) is 26.2 Å². The van der Waals surface area contributed by atoms with Gasteiger partial charge in [-0.3, -0.25) is 4.79 Å². The molecule has 3 nitrogen and oxygen atoms in total. The standard InChI is InChI=1S/C13H22N2O/c1-9(10-2-3-10)13(16)15-5-4-11-6-14-7-12(11)8-15/h9-12,14H,2-8H2,1H3. The lowest BCUT2D eigenvalue weighted by atomic mass is 9.88. The molecule has 0 aromatic rings. The van der Waals surface area contributed by atoms with E-state index in [0.29, 0.717) is 11.8 Å². The minimum absolute atomic E-state index is 0.283. The Balaban J connectivity index is 1.60. The van der Waals surface area contributed by atoms with Crippen molar-refractivity contribution in [1.82, 2.24) is 10.2 Å². The van der Waals surface area contributed by atoms with Gasteiger partial charge in [0, 0.05) is 19.0 Å². The summed E-state index contributed by atoms with van der Waals surface area (Å²) in [6, 6.07) is 0. The number of hydrogen-bond donors (Lipinski definition) is 1. The van der Waals surface area contributed by atoms with Gasteiger partial charge in [0.1, 0.15) is 0 Å². The summed E-state index contributed by atoms with van der Waals surface area (Å²) >= 11 is 0. The van der Waals surface area contributed by atoms with E-state index in [2.05, 4.69) is 17.1 Å². The zero-order chi connectivity index (χ0) is 11.1. The molecule has 2 saturated heterocycles. The van der Waals surface area contributed by atoms with Crippen LogP contribution in [0.1, 0.15) is 26.2 Å². The Kier molecular flexibility index (Phi) is 2.66. The third-order valence-electron chi connectivity index (χ3n) is 4.73. The van der Waals surface area contributed by atoms with Crippen molar-refractivity contribution in [2.45, 2.75) is 26.2 Å². The van der Waals surface area contributed by atoms with E-state index in [4.69, 9.17) is 0 Å². The molecule has 0 aromatic heterocycles. The van der Waals surface area contributed by atoms with Crippen molar-refractivity contribution in [2.24, 2.45) is 23.7 Å². The summed E-state index contributed by atoms with van der Waals surface area (Å²) in [5.41, 5.74) is 0. The van der Waals surface area contributed by atoms with Crippen LogP contribution in [0, 0.1) is 23.7 Å². The zero-order valence-electron chi connectivity index (χ0n) is 10.1. The highest BCUT2D eigenvalue weighted by Crippen LogP contribution is 2.38. The summed E-state index contributed by atoms with van der Waals surface area (Å²) in [4.78, 5) is 14.4. The number of piperidine rings is 1. The van der Waals surface area contributed by atoms with Gasteiger partial charge in [-0.25, -0.2) is 0 Å². The topological polar surface area (TPSA) is 32.3 Å². The molecule has 0 aromatic carbocycles. The van der Waals surface area contributed by atoms with Gasteiger partial charge in [-0.05, 0) is 50.1 Å². The van der Waals surface area contributed by atoms with Gasteiger partial charge in [-0.15, -0.1) is 0 Å². The first-order chi connectivity index (χ1) is 7.75. The third-order valence-corrected chi connectivity index (χ3v) is 4.73. The van der Waals surface area contributed by atoms with Crippen LogP contribution in [0.25, 0.3) is 0 Å². The fourth-order valence-electron chi connectivity index (χ4n) is 3.32. The first kappa shape index (κ1) is 10.6. The average Bonchev–Trinajstić information content (AvgIpc) is 3.05. The monoisotopic (exact) mass is 222 g/mol. The molecule has 3 heteroatoms. The molecule has 0 bridgehead atoms. The lowest BCUT2D eigenvalue weighted by molar-refractivity contribution is -0.137. The van der Waals surface area contributed by atoms with Crippen molar-refractivity contribution in [1.29, 1.82) is 0 Å². The van der Waals surface area contributed by atoms with Crippen LogP contribution < -0.4 is 5.32 Å². The van der Waals surface area contributed by atoms with E-state index in [-0.39, 0.29) is 5.92 Å². The molecular formula is C13H22N2O. The van der Waals surface area contributed by atoms with E-state index in [0.717, 1.165) is 31.5 Å². The third kappa shape index (κ3) is 1.86. The van der Waals surface area contributed by atoms with Crippen LogP contribution in [0.15, 0.2) is 0 Å². The van der Waals surface area contributed by atoms with Crippen LogP contribution in [0.3, 0.4) is 0 Å². The summed E-state index contributed by atoms with van der Waals surface area (Å²) in [7, 11) is 0. The molecule has 1 aliphatic carbocycles. The maximum atomic E-state index is 12.3. The van der Waals surface area contributed by atoms with Crippen LogP contribution in [-0.4, -0.2) is 37.0 Å². The largest absolute Gasteiger partial charge is 0.342 e. The van der Waals surface area contributed by atoms with Gasteiger partial charge in [0.25, 0.3) is 0 Å². The Morgan fingerprint density at radius 3 is 2.75 bits per heavy atom. The Morgan fingerprint density at radius 1 is 1.25 bits per heavy atom. The van der Waals surface area contributed by atoms with Crippen LogP contribution in [0.2, 0.25) is 0 Å². The number of nitrogens with one attached hydrogen (secondary N) is 1. The van der Waals surface area contributed by atoms with Gasteiger partial charge in [0.15, 0.2) is 0 Å². The minimum Gasteiger partial charge on any atom is -0.342 e. The van der Waals surface area contributed by atoms with Crippen LogP contribution >= 0.6 is 0 Å². The van der Waals surface area contributed by atoms with Gasteiger partial charge >= 0.3 is 0 Å². The summed E-state index contributed by atoms with van der Waals surface area (Å²) in [5.74, 6) is 2.97. The second kappa shape index (κ2) is 4.02.